The van der Waals surface area contributed by atoms with Gasteiger partial charge in [0.1, 0.15) is 11.6 Å². The number of carbonyl (C=O) groups is 1. The first-order valence-electron chi connectivity index (χ1n) is 10.0. The quantitative estimate of drug-likeness (QED) is 0.858. The Morgan fingerprint density at radius 3 is 2.61 bits per heavy atom. The number of nitrogens with one attached hydrogen (secondary N) is 1. The second-order valence-corrected chi connectivity index (χ2v) is 9.26. The van der Waals surface area contributed by atoms with E-state index in [1.54, 1.807) is 6.07 Å². The van der Waals surface area contributed by atoms with Crippen LogP contribution in [-0.2, 0) is 28.5 Å². The van der Waals surface area contributed by atoms with Crippen LogP contribution in [0, 0.1) is 6.92 Å². The number of nitrogens with zero attached hydrogens (tertiary/aromatic N) is 3. The van der Waals surface area contributed by atoms with Crippen molar-refractivity contribution in [2.75, 3.05) is 13.1 Å². The van der Waals surface area contributed by atoms with Gasteiger partial charge in [0.2, 0.25) is 5.91 Å². The van der Waals surface area contributed by atoms with Crippen LogP contribution in [0.5, 0.6) is 0 Å². The van der Waals surface area contributed by atoms with Gasteiger partial charge < -0.3 is 14.4 Å². The second kappa shape index (κ2) is 6.57. The van der Waals surface area contributed by atoms with Crippen LogP contribution in [0.15, 0.2) is 15.4 Å². The van der Waals surface area contributed by atoms with Gasteiger partial charge in [0.25, 0.3) is 5.56 Å². The lowest BCUT2D eigenvalue weighted by molar-refractivity contribution is -0.132. The molecule has 0 bridgehead atoms. The minimum Gasteiger partial charge on any atom is -0.361 e. The van der Waals surface area contributed by atoms with E-state index in [1.807, 2.05) is 11.8 Å². The summed E-state index contributed by atoms with van der Waals surface area (Å²) in [6.07, 6.45) is 3.65. The van der Waals surface area contributed by atoms with Crippen molar-refractivity contribution in [3.8, 4) is 0 Å². The molecule has 0 radical (unpaired) electrons. The van der Waals surface area contributed by atoms with Crippen LogP contribution < -0.4 is 5.56 Å². The number of carbonyl (C=O) groups excluding carboxylic acids is 1. The van der Waals surface area contributed by atoms with Crippen molar-refractivity contribution >= 4 is 5.91 Å². The summed E-state index contributed by atoms with van der Waals surface area (Å²) >= 11 is 0. The lowest BCUT2D eigenvalue weighted by atomic mass is 9.76. The summed E-state index contributed by atoms with van der Waals surface area (Å²) in [5.41, 5.74) is 2.32. The Labute approximate surface area is 164 Å². The molecular weight excluding hydrogens is 356 g/mol. The zero-order valence-corrected chi connectivity index (χ0v) is 17.1. The number of H-pyrrole nitrogens is 1. The topological polar surface area (TPSA) is 92.1 Å². The number of aromatic amines is 1. The Morgan fingerprint density at radius 1 is 1.29 bits per heavy atom. The smallest absolute Gasteiger partial charge is 0.254 e. The minimum atomic E-state index is -0.205. The number of hydrogen-bond acceptors (Lipinski definition) is 5. The summed E-state index contributed by atoms with van der Waals surface area (Å²) in [5.74, 6) is 1.42. The van der Waals surface area contributed by atoms with Gasteiger partial charge in [0, 0.05) is 35.5 Å². The molecule has 2 aromatic rings. The molecule has 1 spiro atoms. The molecule has 7 heteroatoms. The maximum Gasteiger partial charge on any atom is 0.254 e. The highest BCUT2D eigenvalue weighted by molar-refractivity contribution is 5.78. The van der Waals surface area contributed by atoms with E-state index in [4.69, 9.17) is 9.51 Å². The molecule has 1 aliphatic heterocycles. The Hall–Kier alpha value is -2.44. The Bertz CT molecular complexity index is 959. The first-order valence-corrected chi connectivity index (χ1v) is 10.0. The largest absolute Gasteiger partial charge is 0.361 e. The number of aromatic nitrogens is 3. The molecule has 0 atom stereocenters. The molecule has 1 aliphatic carbocycles. The summed E-state index contributed by atoms with van der Waals surface area (Å²) in [5, 5.41) is 3.85. The van der Waals surface area contributed by atoms with Crippen LogP contribution in [0.25, 0.3) is 0 Å². The van der Waals surface area contributed by atoms with E-state index in [1.165, 1.54) is 0 Å². The van der Waals surface area contributed by atoms with Gasteiger partial charge in [-0.1, -0.05) is 25.9 Å². The molecule has 1 amide bonds. The van der Waals surface area contributed by atoms with Crippen LogP contribution in [0.4, 0.5) is 0 Å². The summed E-state index contributed by atoms with van der Waals surface area (Å²) in [6, 6.07) is 1.81. The van der Waals surface area contributed by atoms with E-state index in [9.17, 15) is 9.59 Å². The molecule has 0 saturated carbocycles. The van der Waals surface area contributed by atoms with Gasteiger partial charge in [-0.25, -0.2) is 4.98 Å². The number of aryl methyl sites for hydroxylation is 1. The Kier molecular flexibility index (Phi) is 4.43. The third-order valence-corrected chi connectivity index (χ3v) is 6.16. The predicted molar refractivity (Wildman–Crippen MR) is 104 cm³/mol. The van der Waals surface area contributed by atoms with Crippen LogP contribution in [-0.4, -0.2) is 39.0 Å². The fraction of sp³-hybridized carbons (Fsp3) is 0.619. The zero-order valence-electron chi connectivity index (χ0n) is 17.1. The normalized spacial score (nSPS) is 18.5. The van der Waals surface area contributed by atoms with Crippen LogP contribution in [0.1, 0.15) is 68.6 Å². The van der Waals surface area contributed by atoms with E-state index in [0.29, 0.717) is 18.8 Å². The van der Waals surface area contributed by atoms with Crippen LogP contribution in [0.3, 0.4) is 0 Å². The highest BCUT2D eigenvalue weighted by Gasteiger charge is 2.45. The number of fused-ring (bicyclic) bond motifs is 2. The average molecular weight is 384 g/mol. The maximum absolute atomic E-state index is 12.6. The van der Waals surface area contributed by atoms with Crippen molar-refractivity contribution in [1.29, 1.82) is 0 Å². The molecule has 7 nitrogen and oxygen atoms in total. The van der Waals surface area contributed by atoms with Gasteiger partial charge in [-0.15, -0.1) is 0 Å². The van der Waals surface area contributed by atoms with Gasteiger partial charge in [-0.2, -0.15) is 0 Å². The van der Waals surface area contributed by atoms with E-state index in [-0.39, 0.29) is 28.7 Å². The number of hydrogen-bond donors (Lipinski definition) is 1. The number of amides is 1. The standard InChI is InChI=1S/C21H28N4O3/c1-13-11-14(28-24-13)12-16(26)25-9-7-21(8-10-25)6-5-15-17(21)22-19(20(2,3)4)23-18(15)27/h11H,5-10,12H2,1-4H3,(H,22,23,27). The lowest BCUT2D eigenvalue weighted by Crippen LogP contribution is -2.45. The molecule has 3 heterocycles. The van der Waals surface area contributed by atoms with Crippen molar-refractivity contribution < 1.29 is 9.32 Å². The maximum atomic E-state index is 12.6. The third kappa shape index (κ3) is 3.27. The minimum absolute atomic E-state index is 0.00555. The molecule has 2 aliphatic rings. The van der Waals surface area contributed by atoms with Crippen molar-refractivity contribution in [3.63, 3.8) is 0 Å². The molecule has 28 heavy (non-hydrogen) atoms. The van der Waals surface area contributed by atoms with Gasteiger partial charge >= 0.3 is 0 Å². The molecule has 1 N–H and O–H groups in total. The van der Waals surface area contributed by atoms with Crippen molar-refractivity contribution in [3.05, 3.63) is 45.0 Å². The van der Waals surface area contributed by atoms with Gasteiger partial charge in [-0.3, -0.25) is 9.59 Å². The molecule has 1 fully saturated rings. The van der Waals surface area contributed by atoms with Crippen molar-refractivity contribution in [2.45, 2.75) is 70.6 Å². The first kappa shape index (κ1) is 18.9. The fourth-order valence-corrected chi connectivity index (χ4v) is 4.44. The van der Waals surface area contributed by atoms with Gasteiger partial charge in [-0.05, 0) is 32.6 Å². The van der Waals surface area contributed by atoms with Crippen LogP contribution >= 0.6 is 0 Å². The van der Waals surface area contributed by atoms with E-state index in [0.717, 1.165) is 48.5 Å². The highest BCUT2D eigenvalue weighted by atomic mass is 16.5. The molecule has 1 saturated heterocycles. The van der Waals surface area contributed by atoms with Crippen LogP contribution in [0.2, 0.25) is 0 Å². The van der Waals surface area contributed by atoms with Gasteiger partial charge in [0.05, 0.1) is 17.8 Å². The summed E-state index contributed by atoms with van der Waals surface area (Å²) in [6.45, 7) is 9.40. The second-order valence-electron chi connectivity index (χ2n) is 9.26. The number of likely N-dealkylation sites (tertiary alicyclic amines) is 1. The number of piperidine rings is 1. The molecule has 2 aromatic heterocycles. The Morgan fingerprint density at radius 2 is 2.00 bits per heavy atom. The molecule has 4 rings (SSSR count). The molecule has 0 unspecified atom stereocenters. The third-order valence-electron chi connectivity index (χ3n) is 6.16. The zero-order chi connectivity index (χ0) is 20.1. The average Bonchev–Trinajstić information content (AvgIpc) is 3.19. The summed E-state index contributed by atoms with van der Waals surface area (Å²) in [4.78, 5) is 35.0. The van der Waals surface area contributed by atoms with E-state index >= 15 is 0 Å². The molecular formula is C21H28N4O3. The molecule has 0 aromatic carbocycles. The number of rotatable bonds is 2. The van der Waals surface area contributed by atoms with Gasteiger partial charge in [0.15, 0.2) is 0 Å². The Balaban J connectivity index is 1.52. The predicted octanol–water partition coefficient (Wildman–Crippen LogP) is 2.41. The van der Waals surface area contributed by atoms with Crippen molar-refractivity contribution in [1.82, 2.24) is 20.0 Å². The van der Waals surface area contributed by atoms with E-state index < -0.39 is 0 Å². The monoisotopic (exact) mass is 384 g/mol. The van der Waals surface area contributed by atoms with E-state index in [2.05, 4.69) is 30.9 Å². The SMILES string of the molecule is Cc1cc(CC(=O)N2CCC3(CCc4c3nc(C(C)(C)C)[nH]c4=O)CC2)on1. The molecule has 150 valence electrons. The van der Waals surface area contributed by atoms with Crippen molar-refractivity contribution in [2.24, 2.45) is 0 Å². The fourth-order valence-electron chi connectivity index (χ4n) is 4.44. The lowest BCUT2D eigenvalue weighted by Gasteiger charge is -2.39. The first-order chi connectivity index (χ1) is 13.2. The summed E-state index contributed by atoms with van der Waals surface area (Å²) < 4.78 is 5.18. The highest BCUT2D eigenvalue weighted by Crippen LogP contribution is 2.44. The summed E-state index contributed by atoms with van der Waals surface area (Å²) in [7, 11) is 0.